The number of hydrogen-bond donors (Lipinski definition) is 2. The highest BCUT2D eigenvalue weighted by Crippen LogP contribution is 1.86. The minimum absolute atomic E-state index is 0.266. The van der Waals surface area contributed by atoms with Gasteiger partial charge in [0.15, 0.2) is 0 Å². The van der Waals surface area contributed by atoms with E-state index in [-0.39, 0.29) is 12.2 Å². The van der Waals surface area contributed by atoms with Gasteiger partial charge in [0.1, 0.15) is 11.8 Å². The van der Waals surface area contributed by atoms with Gasteiger partial charge in [-0.05, 0) is 13.8 Å². The van der Waals surface area contributed by atoms with Crippen molar-refractivity contribution in [1.82, 2.24) is 5.32 Å². The molecule has 12 heavy (non-hydrogen) atoms. The second kappa shape index (κ2) is 4.48. The fraction of sp³-hybridized carbons (Fsp3) is 0.571. The summed E-state index contributed by atoms with van der Waals surface area (Å²) in [6.45, 7) is 2.60. The van der Waals surface area contributed by atoms with Crippen LogP contribution < -0.4 is 5.32 Å². The van der Waals surface area contributed by atoms with Crippen LogP contribution in [0.5, 0.6) is 0 Å². The molecule has 5 nitrogen and oxygen atoms in total. The molecule has 0 rings (SSSR count). The first-order valence-corrected chi connectivity index (χ1v) is 3.45. The molecule has 0 aliphatic carbocycles. The van der Waals surface area contributed by atoms with Crippen LogP contribution in [0.3, 0.4) is 0 Å². The van der Waals surface area contributed by atoms with Crippen LogP contribution in [0.2, 0.25) is 0 Å². The van der Waals surface area contributed by atoms with Crippen LogP contribution in [-0.4, -0.2) is 28.8 Å². The fourth-order valence-corrected chi connectivity index (χ4v) is 0.580. The van der Waals surface area contributed by atoms with E-state index >= 15 is 0 Å². The molecule has 0 aromatic carbocycles. The maximum absolute atomic E-state index is 10.8. The minimum atomic E-state index is -1.12. The molecule has 0 saturated carbocycles. The van der Waals surface area contributed by atoms with E-state index < -0.39 is 17.9 Å². The monoisotopic (exact) mass is 173 g/mol. The highest BCUT2D eigenvalue weighted by atomic mass is 16.4. The van der Waals surface area contributed by atoms with Crippen molar-refractivity contribution in [1.29, 1.82) is 0 Å². The van der Waals surface area contributed by atoms with Crippen molar-refractivity contribution in [2.75, 3.05) is 0 Å². The molecule has 1 unspecified atom stereocenters. The zero-order valence-electron chi connectivity index (χ0n) is 6.96. The molecule has 0 aliphatic heterocycles. The summed E-state index contributed by atoms with van der Waals surface area (Å²) in [5.74, 6) is -1.96. The molecule has 0 fully saturated rings. The Hall–Kier alpha value is -1.39. The molecule has 0 aliphatic rings. The number of carbonyl (C=O) groups is 3. The van der Waals surface area contributed by atoms with Crippen molar-refractivity contribution in [3.05, 3.63) is 0 Å². The Morgan fingerprint density at radius 3 is 2.25 bits per heavy atom. The van der Waals surface area contributed by atoms with Crippen LogP contribution in [-0.2, 0) is 14.4 Å². The van der Waals surface area contributed by atoms with Gasteiger partial charge in [0, 0.05) is 0 Å². The Kier molecular flexibility index (Phi) is 3.96. The number of hydrogen-bond acceptors (Lipinski definition) is 3. The predicted molar refractivity (Wildman–Crippen MR) is 40.5 cm³/mol. The van der Waals surface area contributed by atoms with Crippen LogP contribution in [0, 0.1) is 0 Å². The van der Waals surface area contributed by atoms with Crippen molar-refractivity contribution < 1.29 is 19.5 Å². The molecule has 1 atom stereocenters. The summed E-state index contributed by atoms with van der Waals surface area (Å²) in [5, 5.41) is 10.5. The summed E-state index contributed by atoms with van der Waals surface area (Å²) in [6.07, 6.45) is -0.266. The summed E-state index contributed by atoms with van der Waals surface area (Å²) in [6, 6.07) is -0.947. The molecule has 68 valence electrons. The lowest BCUT2D eigenvalue weighted by atomic mass is 10.2. The van der Waals surface area contributed by atoms with Gasteiger partial charge in [-0.1, -0.05) is 0 Å². The topological polar surface area (TPSA) is 83.5 Å². The van der Waals surface area contributed by atoms with Gasteiger partial charge in [-0.25, -0.2) is 0 Å². The van der Waals surface area contributed by atoms with Crippen LogP contribution in [0.25, 0.3) is 0 Å². The first-order chi connectivity index (χ1) is 5.43. The van der Waals surface area contributed by atoms with Gasteiger partial charge in [0.25, 0.3) is 0 Å². The molecule has 0 radical (unpaired) electrons. The van der Waals surface area contributed by atoms with Crippen molar-refractivity contribution in [3.63, 3.8) is 0 Å². The average Bonchev–Trinajstić information content (AvgIpc) is 1.84. The number of ketones is 1. The minimum Gasteiger partial charge on any atom is -0.480 e. The standard InChI is InChI=1S/C7H11NO4/c1-4(9)3-6(10)8-5(2)7(11)12/h5H,3H2,1-2H3,(H,8,10)(H,11,12). The zero-order chi connectivity index (χ0) is 9.72. The number of amides is 1. The maximum atomic E-state index is 10.8. The van der Waals surface area contributed by atoms with Crippen molar-refractivity contribution in [2.45, 2.75) is 26.3 Å². The molecule has 2 N–H and O–H groups in total. The van der Waals surface area contributed by atoms with Gasteiger partial charge < -0.3 is 10.4 Å². The molecule has 0 aromatic rings. The number of rotatable bonds is 4. The number of aliphatic carboxylic acids is 1. The number of carboxylic acids is 1. The van der Waals surface area contributed by atoms with E-state index in [4.69, 9.17) is 5.11 Å². The number of nitrogens with one attached hydrogen (secondary N) is 1. The second-order valence-corrected chi connectivity index (χ2v) is 2.51. The van der Waals surface area contributed by atoms with Gasteiger partial charge >= 0.3 is 5.97 Å². The van der Waals surface area contributed by atoms with E-state index in [0.29, 0.717) is 0 Å². The van der Waals surface area contributed by atoms with E-state index in [0.717, 1.165) is 0 Å². The van der Waals surface area contributed by atoms with Crippen molar-refractivity contribution >= 4 is 17.7 Å². The highest BCUT2D eigenvalue weighted by molar-refractivity contribution is 5.98. The quantitative estimate of drug-likeness (QED) is 0.564. The summed E-state index contributed by atoms with van der Waals surface area (Å²) >= 11 is 0. The molecular formula is C7H11NO4. The van der Waals surface area contributed by atoms with E-state index in [9.17, 15) is 14.4 Å². The van der Waals surface area contributed by atoms with Crippen LogP contribution in [0.1, 0.15) is 20.3 Å². The lowest BCUT2D eigenvalue weighted by Gasteiger charge is -2.07. The Morgan fingerprint density at radius 2 is 1.92 bits per heavy atom. The Bertz CT molecular complexity index is 211. The number of carbonyl (C=O) groups excluding carboxylic acids is 2. The maximum Gasteiger partial charge on any atom is 0.325 e. The molecule has 5 heteroatoms. The molecular weight excluding hydrogens is 162 g/mol. The fourth-order valence-electron chi connectivity index (χ4n) is 0.580. The van der Waals surface area contributed by atoms with Gasteiger partial charge in [-0.2, -0.15) is 0 Å². The molecule has 0 heterocycles. The van der Waals surface area contributed by atoms with Crippen LogP contribution >= 0.6 is 0 Å². The Balaban J connectivity index is 3.85. The molecule has 1 amide bonds. The summed E-state index contributed by atoms with van der Waals surface area (Å²) in [5.41, 5.74) is 0. The van der Waals surface area contributed by atoms with E-state index in [1.807, 2.05) is 0 Å². The lowest BCUT2D eigenvalue weighted by molar-refractivity contribution is -0.141. The third-order valence-corrected chi connectivity index (χ3v) is 1.16. The molecule has 0 saturated heterocycles. The summed E-state index contributed by atoms with van der Waals surface area (Å²) in [4.78, 5) is 31.4. The normalized spacial score (nSPS) is 11.8. The van der Waals surface area contributed by atoms with Crippen LogP contribution in [0.4, 0.5) is 0 Å². The summed E-state index contributed by atoms with van der Waals surface area (Å²) < 4.78 is 0. The third-order valence-electron chi connectivity index (χ3n) is 1.16. The molecule has 0 spiro atoms. The van der Waals surface area contributed by atoms with Crippen molar-refractivity contribution in [3.8, 4) is 0 Å². The van der Waals surface area contributed by atoms with Gasteiger partial charge in [0.2, 0.25) is 5.91 Å². The van der Waals surface area contributed by atoms with E-state index in [1.54, 1.807) is 0 Å². The molecule has 0 bridgehead atoms. The largest absolute Gasteiger partial charge is 0.480 e. The summed E-state index contributed by atoms with van der Waals surface area (Å²) in [7, 11) is 0. The van der Waals surface area contributed by atoms with Crippen LogP contribution in [0.15, 0.2) is 0 Å². The first kappa shape index (κ1) is 10.6. The van der Waals surface area contributed by atoms with Crippen molar-refractivity contribution in [2.24, 2.45) is 0 Å². The first-order valence-electron chi connectivity index (χ1n) is 3.45. The third kappa shape index (κ3) is 4.43. The van der Waals surface area contributed by atoms with Gasteiger partial charge in [-0.3, -0.25) is 14.4 Å². The Labute approximate surface area is 69.8 Å². The number of carboxylic acid groups (broad SMARTS) is 1. The van der Waals surface area contributed by atoms with Gasteiger partial charge in [0.05, 0.1) is 6.42 Å². The second-order valence-electron chi connectivity index (χ2n) is 2.51. The predicted octanol–water partition coefficient (Wildman–Crippen LogP) is -0.445. The SMILES string of the molecule is CC(=O)CC(=O)NC(C)C(=O)O. The Morgan fingerprint density at radius 1 is 1.42 bits per heavy atom. The zero-order valence-corrected chi connectivity index (χ0v) is 6.96. The van der Waals surface area contributed by atoms with Gasteiger partial charge in [-0.15, -0.1) is 0 Å². The lowest BCUT2D eigenvalue weighted by Crippen LogP contribution is -2.38. The van der Waals surface area contributed by atoms with E-state index in [1.165, 1.54) is 13.8 Å². The average molecular weight is 173 g/mol. The molecule has 0 aromatic heterocycles. The highest BCUT2D eigenvalue weighted by Gasteiger charge is 2.14. The van der Waals surface area contributed by atoms with E-state index in [2.05, 4.69) is 5.32 Å². The number of Topliss-reactive ketones (excluding diaryl/α,β-unsaturated/α-hetero) is 1. The smallest absolute Gasteiger partial charge is 0.325 e.